The first-order chi connectivity index (χ1) is 19.3. The van der Waals surface area contributed by atoms with Crippen molar-refractivity contribution in [3.63, 3.8) is 0 Å². The lowest BCUT2D eigenvalue weighted by Gasteiger charge is -2.53. The van der Waals surface area contributed by atoms with Gasteiger partial charge in [-0.05, 0) is 69.6 Å². The molecule has 4 N–H and O–H groups in total. The van der Waals surface area contributed by atoms with Crippen LogP contribution in [0.1, 0.15) is 56.2 Å². The number of aryl methyl sites for hydroxylation is 1. The maximum absolute atomic E-state index is 15.0. The molecule has 0 aromatic carbocycles. The van der Waals surface area contributed by atoms with Gasteiger partial charge in [-0.2, -0.15) is 0 Å². The van der Waals surface area contributed by atoms with Crippen LogP contribution in [0.4, 0.5) is 10.2 Å². The molecule has 2 saturated heterocycles. The number of halogens is 1. The van der Waals surface area contributed by atoms with Gasteiger partial charge in [0.25, 0.3) is 5.91 Å². The lowest BCUT2D eigenvalue weighted by Crippen LogP contribution is -2.61. The molecule has 3 aliphatic heterocycles. The highest BCUT2D eigenvalue weighted by Gasteiger charge is 2.49. The Morgan fingerprint density at radius 3 is 2.73 bits per heavy atom. The van der Waals surface area contributed by atoms with E-state index in [1.807, 2.05) is 18.2 Å². The monoisotopic (exact) mass is 548 g/mol. The van der Waals surface area contributed by atoms with Crippen LogP contribution in [0.25, 0.3) is 11.0 Å². The number of pyridine rings is 3. The second-order valence-corrected chi connectivity index (χ2v) is 11.8. The van der Waals surface area contributed by atoms with E-state index < -0.39 is 0 Å². The molecule has 0 radical (unpaired) electrons. The topological polar surface area (TPSA) is 134 Å². The van der Waals surface area contributed by atoms with Gasteiger partial charge in [0.15, 0.2) is 18.2 Å². The Morgan fingerprint density at radius 2 is 1.95 bits per heavy atom. The number of nitrogens with zero attached hydrogens (tertiary/aromatic N) is 3. The molecule has 11 heteroatoms. The summed E-state index contributed by atoms with van der Waals surface area (Å²) in [6, 6.07) is 7.34. The molecule has 0 unspecified atom stereocenters. The number of hydrogen-bond acceptors (Lipinski definition) is 9. The summed E-state index contributed by atoms with van der Waals surface area (Å²) in [6.45, 7) is 1.58. The molecule has 0 spiro atoms. The van der Waals surface area contributed by atoms with Crippen LogP contribution in [-0.2, 0) is 22.5 Å². The van der Waals surface area contributed by atoms with E-state index in [1.54, 1.807) is 6.07 Å². The van der Waals surface area contributed by atoms with E-state index >= 15 is 4.39 Å². The number of carbonyl (C=O) groups is 1. The summed E-state index contributed by atoms with van der Waals surface area (Å²) in [7, 11) is 0. The van der Waals surface area contributed by atoms with Crippen LogP contribution in [0.2, 0.25) is 0 Å². The summed E-state index contributed by atoms with van der Waals surface area (Å²) in [5.41, 5.74) is 8.06. The van der Waals surface area contributed by atoms with Crippen LogP contribution < -0.4 is 25.8 Å². The van der Waals surface area contributed by atoms with E-state index in [9.17, 15) is 4.79 Å². The normalized spacial score (nSPS) is 26.2. The predicted octanol–water partition coefficient (Wildman–Crippen LogP) is 3.17. The number of rotatable bonds is 9. The quantitative estimate of drug-likeness (QED) is 0.369. The summed E-state index contributed by atoms with van der Waals surface area (Å²) >= 11 is 0. The van der Waals surface area contributed by atoms with Crippen LogP contribution in [0.3, 0.4) is 0 Å². The number of ether oxygens (including phenoxy) is 3. The van der Waals surface area contributed by atoms with Gasteiger partial charge in [0.1, 0.15) is 12.4 Å². The molecule has 2 saturated carbocycles. The number of fused-ring (bicyclic) bond motifs is 5. The van der Waals surface area contributed by atoms with Crippen LogP contribution in [0.5, 0.6) is 11.6 Å². The highest BCUT2D eigenvalue weighted by atomic mass is 19.1. The predicted molar refractivity (Wildman–Crippen MR) is 145 cm³/mol. The van der Waals surface area contributed by atoms with Crippen molar-refractivity contribution in [1.82, 2.24) is 20.3 Å². The maximum atomic E-state index is 15.0. The van der Waals surface area contributed by atoms with Gasteiger partial charge in [0.05, 0.1) is 40.7 Å². The Morgan fingerprint density at radius 1 is 1.10 bits per heavy atom. The highest BCUT2D eigenvalue weighted by Crippen LogP contribution is 2.46. The Bertz CT molecular complexity index is 1450. The van der Waals surface area contributed by atoms with Crippen molar-refractivity contribution in [3.8, 4) is 11.6 Å². The van der Waals surface area contributed by atoms with Gasteiger partial charge in [0.2, 0.25) is 5.88 Å². The third-order valence-electron chi connectivity index (χ3n) is 8.92. The Labute approximate surface area is 231 Å². The summed E-state index contributed by atoms with van der Waals surface area (Å²) in [6.07, 6.45) is 8.11. The first-order valence-electron chi connectivity index (χ1n) is 14.0. The second-order valence-electron chi connectivity index (χ2n) is 11.8. The molecule has 0 atom stereocenters. The molecule has 8 rings (SSSR count). The molecule has 1 amide bonds. The van der Waals surface area contributed by atoms with Crippen molar-refractivity contribution in [2.45, 2.75) is 74.6 Å². The fourth-order valence-electron chi connectivity index (χ4n) is 5.97. The van der Waals surface area contributed by atoms with E-state index in [2.05, 4.69) is 25.6 Å². The second kappa shape index (κ2) is 9.60. The number of aromatic nitrogens is 3. The van der Waals surface area contributed by atoms with Crippen LogP contribution in [-0.4, -0.2) is 57.4 Å². The molecule has 210 valence electrons. The van der Waals surface area contributed by atoms with Gasteiger partial charge in [0, 0.05) is 23.7 Å². The van der Waals surface area contributed by atoms with Crippen LogP contribution in [0.15, 0.2) is 30.5 Å². The van der Waals surface area contributed by atoms with Gasteiger partial charge in [-0.3, -0.25) is 9.78 Å². The first kappa shape index (κ1) is 25.6. The average Bonchev–Trinajstić information content (AvgIpc) is 3.72. The minimum Gasteiger partial charge on any atom is -0.480 e. The molecule has 5 aliphatic rings. The van der Waals surface area contributed by atoms with Crippen molar-refractivity contribution in [3.05, 3.63) is 47.5 Å². The van der Waals surface area contributed by atoms with Crippen LogP contribution >= 0.6 is 0 Å². The van der Waals surface area contributed by atoms with E-state index in [1.165, 1.54) is 6.20 Å². The standard InChI is InChI=1S/C29H33FN6O4/c30-20-14-32-21-2-4-24(39-16-27(31)7-8-27)36-25(21)19(20)5-6-29-11-9-28(10-12-29,17-40-29)33-13-18-1-3-22-26(34-18)35-23(37)15-38-22/h1-4,14,33H,5-13,15-17,31H2,(H,34,35,37). The number of hydrogen-bond donors (Lipinski definition) is 3. The summed E-state index contributed by atoms with van der Waals surface area (Å²) < 4.78 is 32.7. The third-order valence-corrected chi connectivity index (χ3v) is 8.92. The lowest BCUT2D eigenvalue weighted by atomic mass is 9.69. The minimum absolute atomic E-state index is 0.0137. The minimum atomic E-state index is -0.354. The Kier molecular flexibility index (Phi) is 6.13. The zero-order chi connectivity index (χ0) is 27.4. The van der Waals surface area contributed by atoms with Gasteiger partial charge >= 0.3 is 0 Å². The average molecular weight is 549 g/mol. The summed E-state index contributed by atoms with van der Waals surface area (Å²) in [4.78, 5) is 25.0. The lowest BCUT2D eigenvalue weighted by molar-refractivity contribution is -0.165. The van der Waals surface area contributed by atoms with Gasteiger partial charge in [-0.25, -0.2) is 14.4 Å². The van der Waals surface area contributed by atoms with Gasteiger partial charge < -0.3 is 30.6 Å². The summed E-state index contributed by atoms with van der Waals surface area (Å²) in [5, 5.41) is 6.43. The zero-order valence-electron chi connectivity index (χ0n) is 22.3. The molecular formula is C29H33FN6O4. The van der Waals surface area contributed by atoms with Crippen molar-refractivity contribution in [2.24, 2.45) is 5.73 Å². The molecule has 3 aromatic heterocycles. The number of carbonyl (C=O) groups excluding carboxylic acids is 1. The molecule has 40 heavy (non-hydrogen) atoms. The highest BCUT2D eigenvalue weighted by molar-refractivity contribution is 5.94. The summed E-state index contributed by atoms with van der Waals surface area (Å²) in [5.74, 6) is 0.945. The molecule has 6 heterocycles. The number of anilines is 1. The largest absolute Gasteiger partial charge is 0.480 e. The number of nitrogens with two attached hydrogens (primary N) is 1. The molecule has 3 aromatic rings. The third kappa shape index (κ3) is 4.97. The molecule has 2 aliphatic carbocycles. The molecular weight excluding hydrogens is 515 g/mol. The smallest absolute Gasteiger partial charge is 0.263 e. The van der Waals surface area contributed by atoms with Crippen molar-refractivity contribution in [1.29, 1.82) is 0 Å². The van der Waals surface area contributed by atoms with Gasteiger partial charge in [-0.15, -0.1) is 0 Å². The SMILES string of the molecule is NC1(COc2ccc3ncc(F)c(CCC45CCC(NCc6ccc7c(n6)NC(=O)CO7)(CC4)CO5)c3n2)CC1. The molecule has 2 bridgehead atoms. The molecule has 10 nitrogen and oxygen atoms in total. The fourth-order valence-corrected chi connectivity index (χ4v) is 5.97. The first-order valence-corrected chi connectivity index (χ1v) is 14.0. The fraction of sp³-hybridized carbons (Fsp3) is 0.517. The maximum Gasteiger partial charge on any atom is 0.263 e. The number of nitrogens with one attached hydrogen (secondary N) is 2. The zero-order valence-corrected chi connectivity index (χ0v) is 22.3. The molecule has 4 fully saturated rings. The van der Waals surface area contributed by atoms with E-state index in [0.717, 1.165) is 44.2 Å². The van der Waals surface area contributed by atoms with E-state index in [4.69, 9.17) is 19.9 Å². The van der Waals surface area contributed by atoms with E-state index in [0.29, 0.717) is 66.6 Å². The number of amides is 1. The van der Waals surface area contributed by atoms with Crippen molar-refractivity contribution >= 4 is 22.8 Å². The Balaban J connectivity index is 0.990. The van der Waals surface area contributed by atoms with Crippen molar-refractivity contribution < 1.29 is 23.4 Å². The van der Waals surface area contributed by atoms with Gasteiger partial charge in [-0.1, -0.05) is 0 Å². The van der Waals surface area contributed by atoms with Crippen LogP contribution in [0, 0.1) is 5.82 Å². The Hall–Kier alpha value is -3.41. The van der Waals surface area contributed by atoms with Crippen molar-refractivity contribution in [2.75, 3.05) is 25.1 Å². The van der Waals surface area contributed by atoms with E-state index in [-0.39, 0.29) is 35.0 Å².